The molecule has 0 amide bonds. The van der Waals surface area contributed by atoms with Crippen LogP contribution in [0.25, 0.3) is 0 Å². The molecule has 2 N–H and O–H groups in total. The summed E-state index contributed by atoms with van der Waals surface area (Å²) < 4.78 is 68.5. The monoisotopic (exact) mass is 1010 g/mol. The molecule has 0 radical (unpaired) electrons. The SMILES string of the molecule is CC(C)(C)[Si](C)(C)Cl.CC(O)COC(C)COC(C)COC(C)COC(C)COC(C)CO.COC(C)COC(C)COC(C)COC(C)COC(C)COC(C)CO[Si](C)(C)C(C)(C)C. The number of hydrogen-bond donors (Lipinski definition) is 2. The van der Waals surface area contributed by atoms with Gasteiger partial charge in [-0.05, 0) is 106 Å². The summed E-state index contributed by atoms with van der Waals surface area (Å²) in [6.45, 7) is 50.9. The second-order valence-electron chi connectivity index (χ2n) is 21.3. The van der Waals surface area contributed by atoms with E-state index in [-0.39, 0.29) is 78.8 Å². The Kier molecular flexibility index (Phi) is 40.4. The molecule has 0 rings (SSSR count). The Morgan fingerprint density at radius 3 is 0.788 bits per heavy atom. The Morgan fingerprint density at radius 2 is 0.591 bits per heavy atom. The lowest BCUT2D eigenvalue weighted by atomic mass is 10.2. The van der Waals surface area contributed by atoms with E-state index in [2.05, 4.69) is 74.7 Å². The van der Waals surface area contributed by atoms with Gasteiger partial charge in [-0.3, -0.25) is 0 Å². The molecule has 0 aliphatic carbocycles. The normalized spacial score (nSPS) is 18.3. The van der Waals surface area contributed by atoms with Gasteiger partial charge in [0.25, 0.3) is 0 Å². The van der Waals surface area contributed by atoms with Gasteiger partial charge in [0.2, 0.25) is 0 Å². The standard InChI is InChI=1S/C25H54O7Si.C18H38O7.C6H15ClSi/c1-19(26-10)13-27-20(2)14-28-21(3)15-29-22(4)16-30-23(5)17-31-24(6)18-32-33(11,12)25(7,8)9;1-13(20)8-21-15(3)10-23-17(5)12-25-18(6)11-24-16(4)9-22-14(2)7-19;1-6(2,3)8(4,5)7/h19-24H,13-18H2,1-12H3;13-20H,7-12H2,1-6H3;1-5H3. The summed E-state index contributed by atoms with van der Waals surface area (Å²) in [6.07, 6.45) is -0.766. The highest BCUT2D eigenvalue weighted by Crippen LogP contribution is 2.38. The average molecular weight is 1010 g/mol. The van der Waals surface area contributed by atoms with E-state index in [9.17, 15) is 5.11 Å². The van der Waals surface area contributed by atoms with E-state index >= 15 is 0 Å². The van der Waals surface area contributed by atoms with Crippen LogP contribution in [-0.2, 0) is 56.5 Å². The van der Waals surface area contributed by atoms with Gasteiger partial charge in [-0.1, -0.05) is 54.6 Å². The zero-order valence-corrected chi connectivity index (χ0v) is 49.3. The highest BCUT2D eigenvalue weighted by molar-refractivity contribution is 7.20. The second kappa shape index (κ2) is 37.9. The molecule has 0 fully saturated rings. The van der Waals surface area contributed by atoms with Crippen molar-refractivity contribution in [3.63, 3.8) is 0 Å². The molecule has 402 valence electrons. The first-order valence-corrected chi connectivity index (χ1v) is 31.4. The van der Waals surface area contributed by atoms with Crippen molar-refractivity contribution in [2.45, 2.75) is 234 Å². The van der Waals surface area contributed by atoms with Crippen molar-refractivity contribution >= 4 is 26.8 Å². The molecular weight excluding hydrogens is 904 g/mol. The Balaban J connectivity index is -0.00000106. The van der Waals surface area contributed by atoms with Crippen LogP contribution >= 0.6 is 11.1 Å². The van der Waals surface area contributed by atoms with Gasteiger partial charge in [0.05, 0.1) is 153 Å². The lowest BCUT2D eigenvalue weighted by molar-refractivity contribution is -0.101. The maximum absolute atomic E-state index is 9.17. The summed E-state index contributed by atoms with van der Waals surface area (Å²) in [4.78, 5) is 0. The molecular formula is C49H107ClO14Si2. The van der Waals surface area contributed by atoms with E-state index in [1.165, 1.54) is 0 Å². The van der Waals surface area contributed by atoms with Gasteiger partial charge in [0.15, 0.2) is 15.7 Å². The first-order chi connectivity index (χ1) is 30.2. The van der Waals surface area contributed by atoms with Crippen LogP contribution in [0.15, 0.2) is 0 Å². The van der Waals surface area contributed by atoms with Crippen LogP contribution < -0.4 is 0 Å². The fourth-order valence-electron chi connectivity index (χ4n) is 4.10. The largest absolute Gasteiger partial charge is 0.414 e. The predicted octanol–water partition coefficient (Wildman–Crippen LogP) is 9.68. The smallest absolute Gasteiger partial charge is 0.192 e. The molecule has 0 saturated heterocycles. The zero-order chi connectivity index (χ0) is 51.9. The fraction of sp³-hybridized carbons (Fsp3) is 1.00. The second-order valence-corrected chi connectivity index (χ2v) is 33.4. The van der Waals surface area contributed by atoms with Crippen molar-refractivity contribution in [3.05, 3.63) is 0 Å². The van der Waals surface area contributed by atoms with E-state index < -0.39 is 21.8 Å². The summed E-state index contributed by atoms with van der Waals surface area (Å²) in [5.41, 5.74) is 0. The van der Waals surface area contributed by atoms with E-state index in [1.54, 1.807) is 14.0 Å². The molecule has 12 unspecified atom stereocenters. The van der Waals surface area contributed by atoms with Gasteiger partial charge >= 0.3 is 0 Å². The average Bonchev–Trinajstić information content (AvgIpc) is 3.22. The van der Waals surface area contributed by atoms with Gasteiger partial charge < -0.3 is 66.7 Å². The van der Waals surface area contributed by atoms with Crippen molar-refractivity contribution in [3.8, 4) is 0 Å². The number of halogens is 1. The number of ether oxygens (including phenoxy) is 11. The quantitative estimate of drug-likeness (QED) is 0.0458. The van der Waals surface area contributed by atoms with Crippen LogP contribution in [-0.4, -0.2) is 186 Å². The first kappa shape index (κ1) is 70.4. The Hall–Kier alpha value is 0.164. The van der Waals surface area contributed by atoms with Crippen LogP contribution in [0.5, 0.6) is 0 Å². The van der Waals surface area contributed by atoms with Crippen LogP contribution in [0.3, 0.4) is 0 Å². The maximum atomic E-state index is 9.17. The van der Waals surface area contributed by atoms with Crippen molar-refractivity contribution < 1.29 is 66.7 Å². The fourth-order valence-corrected chi connectivity index (χ4v) is 5.18. The summed E-state index contributed by atoms with van der Waals surface area (Å²) >= 11 is 6.15. The Labute approximate surface area is 412 Å². The minimum atomic E-state index is -1.75. The van der Waals surface area contributed by atoms with Gasteiger partial charge in [-0.2, -0.15) is 11.1 Å². The highest BCUT2D eigenvalue weighted by Gasteiger charge is 2.37. The molecule has 0 aromatic rings. The molecule has 0 saturated carbocycles. The molecule has 0 aliphatic rings. The lowest BCUT2D eigenvalue weighted by Crippen LogP contribution is -2.42. The van der Waals surface area contributed by atoms with E-state index in [0.717, 1.165) is 0 Å². The molecule has 17 heteroatoms. The van der Waals surface area contributed by atoms with E-state index in [0.29, 0.717) is 77.7 Å². The summed E-state index contributed by atoms with van der Waals surface area (Å²) in [5.74, 6) is 0. The van der Waals surface area contributed by atoms with Crippen molar-refractivity contribution in [2.75, 3.05) is 86.4 Å². The third kappa shape index (κ3) is 41.9. The van der Waals surface area contributed by atoms with Gasteiger partial charge in [-0.15, -0.1) is 0 Å². The zero-order valence-electron chi connectivity index (χ0n) is 46.6. The Morgan fingerprint density at radius 1 is 0.379 bits per heavy atom. The number of methoxy groups -OCH3 is 1. The molecule has 0 aromatic carbocycles. The highest BCUT2D eigenvalue weighted by atomic mass is 35.6. The van der Waals surface area contributed by atoms with Gasteiger partial charge in [0, 0.05) is 7.11 Å². The van der Waals surface area contributed by atoms with Crippen molar-refractivity contribution in [2.24, 2.45) is 0 Å². The third-order valence-electron chi connectivity index (χ3n) is 11.1. The summed E-state index contributed by atoms with van der Waals surface area (Å²) in [7, 11) is -1.45. The molecule has 0 aliphatic heterocycles. The topological polar surface area (TPSA) is 151 Å². The van der Waals surface area contributed by atoms with Crippen molar-refractivity contribution in [1.82, 2.24) is 0 Å². The van der Waals surface area contributed by atoms with Crippen LogP contribution in [0.1, 0.15) is 125 Å². The van der Waals surface area contributed by atoms with E-state index in [1.807, 2.05) is 69.2 Å². The predicted molar refractivity (Wildman–Crippen MR) is 276 cm³/mol. The molecule has 0 aromatic heterocycles. The molecule has 0 spiro atoms. The molecule has 66 heavy (non-hydrogen) atoms. The number of aliphatic hydroxyl groups excluding tert-OH is 2. The number of aliphatic hydroxyl groups is 2. The molecule has 12 atom stereocenters. The molecule has 14 nitrogen and oxygen atoms in total. The van der Waals surface area contributed by atoms with Gasteiger partial charge in [0.1, 0.15) is 0 Å². The van der Waals surface area contributed by atoms with Crippen molar-refractivity contribution in [1.29, 1.82) is 0 Å². The number of rotatable bonds is 35. The summed E-state index contributed by atoms with van der Waals surface area (Å²) in [6, 6.07) is 0. The number of hydrogen-bond acceptors (Lipinski definition) is 14. The minimum absolute atomic E-state index is 0.00675. The first-order valence-electron chi connectivity index (χ1n) is 24.5. The van der Waals surface area contributed by atoms with Crippen LogP contribution in [0.4, 0.5) is 0 Å². The van der Waals surface area contributed by atoms with Crippen LogP contribution in [0, 0.1) is 0 Å². The third-order valence-corrected chi connectivity index (χ3v) is 20.9. The van der Waals surface area contributed by atoms with E-state index in [4.69, 9.17) is 72.7 Å². The Bertz CT molecular complexity index is 1100. The van der Waals surface area contributed by atoms with Gasteiger partial charge in [-0.25, -0.2) is 0 Å². The summed E-state index contributed by atoms with van der Waals surface area (Å²) in [5, 5.41) is 18.6. The molecule has 0 heterocycles. The molecule has 0 bridgehead atoms. The minimum Gasteiger partial charge on any atom is -0.414 e. The maximum Gasteiger partial charge on any atom is 0.192 e. The van der Waals surface area contributed by atoms with Crippen LogP contribution in [0.2, 0.25) is 36.3 Å². The lowest BCUT2D eigenvalue weighted by Gasteiger charge is -2.37.